The summed E-state index contributed by atoms with van der Waals surface area (Å²) < 4.78 is 1.82. The maximum Gasteiger partial charge on any atom is 0.223 e. The molecular formula is C10H14N2O2. The van der Waals surface area contributed by atoms with Gasteiger partial charge in [-0.25, -0.2) is 0 Å². The Labute approximate surface area is 82.8 Å². The second kappa shape index (κ2) is 4.60. The summed E-state index contributed by atoms with van der Waals surface area (Å²) in [5.41, 5.74) is -0.0137. The van der Waals surface area contributed by atoms with E-state index in [1.807, 2.05) is 4.57 Å². The predicted molar refractivity (Wildman–Crippen MR) is 54.0 cm³/mol. The van der Waals surface area contributed by atoms with E-state index in [4.69, 9.17) is 0 Å². The summed E-state index contributed by atoms with van der Waals surface area (Å²) in [7, 11) is 3.46. The fourth-order valence-corrected chi connectivity index (χ4v) is 1.04. The molecule has 1 aromatic rings. The summed E-state index contributed by atoms with van der Waals surface area (Å²) >= 11 is 0. The number of aromatic nitrogens is 1. The third-order valence-electron chi connectivity index (χ3n) is 1.94. The maximum absolute atomic E-state index is 11.2. The van der Waals surface area contributed by atoms with E-state index in [1.54, 1.807) is 31.4 Å². The number of carbonyl (C=O) groups excluding carboxylic acids is 1. The maximum atomic E-state index is 11.2. The third-order valence-corrected chi connectivity index (χ3v) is 1.94. The minimum absolute atomic E-state index is 0.0137. The molecular weight excluding hydrogens is 180 g/mol. The highest BCUT2D eigenvalue weighted by Crippen LogP contribution is 1.92. The van der Waals surface area contributed by atoms with Gasteiger partial charge in [0.1, 0.15) is 0 Å². The smallest absolute Gasteiger partial charge is 0.223 e. The number of hydrogen-bond acceptors (Lipinski definition) is 2. The van der Waals surface area contributed by atoms with Crippen molar-refractivity contribution in [3.05, 3.63) is 34.7 Å². The molecule has 0 aliphatic heterocycles. The lowest BCUT2D eigenvalue weighted by Gasteiger charge is -2.10. The molecule has 76 valence electrons. The lowest BCUT2D eigenvalue weighted by atomic mass is 10.3. The van der Waals surface area contributed by atoms with Gasteiger partial charge in [-0.05, 0) is 0 Å². The van der Waals surface area contributed by atoms with Gasteiger partial charge in [-0.3, -0.25) is 9.59 Å². The fraction of sp³-hybridized carbons (Fsp3) is 0.400. The van der Waals surface area contributed by atoms with Crippen molar-refractivity contribution in [3.8, 4) is 0 Å². The summed E-state index contributed by atoms with van der Waals surface area (Å²) in [6.45, 7) is 0.608. The normalized spacial score (nSPS) is 9.86. The van der Waals surface area contributed by atoms with Gasteiger partial charge in [0.2, 0.25) is 5.91 Å². The van der Waals surface area contributed by atoms with Crippen LogP contribution in [0.15, 0.2) is 29.3 Å². The van der Waals surface area contributed by atoms with E-state index >= 15 is 0 Å². The van der Waals surface area contributed by atoms with Gasteiger partial charge in [0, 0.05) is 51.6 Å². The largest absolute Gasteiger partial charge is 0.353 e. The molecule has 4 nitrogen and oxygen atoms in total. The Bertz CT molecular complexity index is 348. The average molecular weight is 194 g/mol. The minimum atomic E-state index is -0.0137. The Hall–Kier alpha value is -1.58. The predicted octanol–water partition coefficient (Wildman–Crippen LogP) is 0.327. The second-order valence-electron chi connectivity index (χ2n) is 3.31. The number of rotatable bonds is 3. The lowest BCUT2D eigenvalue weighted by molar-refractivity contribution is -0.128. The molecule has 0 unspecified atom stereocenters. The van der Waals surface area contributed by atoms with Crippen molar-refractivity contribution in [2.45, 2.75) is 13.0 Å². The summed E-state index contributed by atoms with van der Waals surface area (Å²) in [6.07, 6.45) is 3.83. The SMILES string of the molecule is CN(C)C(=O)CCn1ccc(=O)cc1. The molecule has 0 saturated heterocycles. The van der Waals surface area contributed by atoms with Crippen LogP contribution < -0.4 is 5.43 Å². The van der Waals surface area contributed by atoms with E-state index in [9.17, 15) is 9.59 Å². The van der Waals surface area contributed by atoms with Gasteiger partial charge in [-0.15, -0.1) is 0 Å². The Morgan fingerprint density at radius 2 is 1.93 bits per heavy atom. The second-order valence-corrected chi connectivity index (χ2v) is 3.31. The monoisotopic (exact) mass is 194 g/mol. The molecule has 0 N–H and O–H groups in total. The molecule has 4 heteroatoms. The highest BCUT2D eigenvalue weighted by atomic mass is 16.2. The van der Waals surface area contributed by atoms with Crippen LogP contribution >= 0.6 is 0 Å². The molecule has 1 heterocycles. The van der Waals surface area contributed by atoms with Crippen LogP contribution in [0, 0.1) is 0 Å². The molecule has 0 fully saturated rings. The first-order chi connectivity index (χ1) is 6.59. The van der Waals surface area contributed by atoms with E-state index < -0.39 is 0 Å². The van der Waals surface area contributed by atoms with Crippen molar-refractivity contribution < 1.29 is 4.79 Å². The average Bonchev–Trinajstić information content (AvgIpc) is 2.16. The Morgan fingerprint density at radius 1 is 1.36 bits per heavy atom. The zero-order chi connectivity index (χ0) is 10.6. The summed E-state index contributed by atoms with van der Waals surface area (Å²) in [5, 5.41) is 0. The molecule has 0 aliphatic carbocycles. The number of hydrogen-bond donors (Lipinski definition) is 0. The highest BCUT2D eigenvalue weighted by molar-refractivity contribution is 5.75. The molecule has 0 aromatic carbocycles. The van der Waals surface area contributed by atoms with Crippen LogP contribution in [0.1, 0.15) is 6.42 Å². The van der Waals surface area contributed by atoms with Gasteiger partial charge >= 0.3 is 0 Å². The van der Waals surface area contributed by atoms with Gasteiger partial charge in [-0.1, -0.05) is 0 Å². The van der Waals surface area contributed by atoms with Crippen LogP contribution in [0.5, 0.6) is 0 Å². The number of nitrogens with zero attached hydrogens (tertiary/aromatic N) is 2. The zero-order valence-electron chi connectivity index (χ0n) is 8.43. The number of amides is 1. The standard InChI is InChI=1S/C10H14N2O2/c1-11(2)10(14)5-8-12-6-3-9(13)4-7-12/h3-4,6-7H,5,8H2,1-2H3. The molecule has 0 spiro atoms. The van der Waals surface area contributed by atoms with Gasteiger partial charge in [0.05, 0.1) is 0 Å². The molecule has 14 heavy (non-hydrogen) atoms. The number of pyridine rings is 1. The molecule has 0 bridgehead atoms. The lowest BCUT2D eigenvalue weighted by Crippen LogP contribution is -2.22. The van der Waals surface area contributed by atoms with Crippen molar-refractivity contribution in [2.75, 3.05) is 14.1 Å². The highest BCUT2D eigenvalue weighted by Gasteiger charge is 2.02. The van der Waals surface area contributed by atoms with Crippen molar-refractivity contribution >= 4 is 5.91 Å². The van der Waals surface area contributed by atoms with Crippen LogP contribution in [0.2, 0.25) is 0 Å². The summed E-state index contributed by atoms with van der Waals surface area (Å²) in [6, 6.07) is 2.97. The molecule has 1 rings (SSSR count). The van der Waals surface area contributed by atoms with Gasteiger partial charge in [0.15, 0.2) is 5.43 Å². The summed E-state index contributed by atoms with van der Waals surface area (Å²) in [5.74, 6) is 0.0868. The van der Waals surface area contributed by atoms with E-state index in [0.29, 0.717) is 13.0 Å². The van der Waals surface area contributed by atoms with E-state index in [-0.39, 0.29) is 11.3 Å². The van der Waals surface area contributed by atoms with E-state index in [0.717, 1.165) is 0 Å². The molecule has 0 radical (unpaired) electrons. The fourth-order valence-electron chi connectivity index (χ4n) is 1.04. The van der Waals surface area contributed by atoms with E-state index in [2.05, 4.69) is 0 Å². The van der Waals surface area contributed by atoms with Crippen molar-refractivity contribution in [1.82, 2.24) is 9.47 Å². The molecule has 1 aromatic heterocycles. The first kappa shape index (κ1) is 10.5. The van der Waals surface area contributed by atoms with Crippen LogP contribution in [0.25, 0.3) is 0 Å². The zero-order valence-corrected chi connectivity index (χ0v) is 8.43. The van der Waals surface area contributed by atoms with Gasteiger partial charge < -0.3 is 9.47 Å². The van der Waals surface area contributed by atoms with Crippen LogP contribution in [0.3, 0.4) is 0 Å². The van der Waals surface area contributed by atoms with Gasteiger partial charge in [0.25, 0.3) is 0 Å². The quantitative estimate of drug-likeness (QED) is 0.695. The van der Waals surface area contributed by atoms with E-state index in [1.165, 1.54) is 12.1 Å². The first-order valence-electron chi connectivity index (χ1n) is 4.46. The Morgan fingerprint density at radius 3 is 2.43 bits per heavy atom. The number of aryl methyl sites for hydroxylation is 1. The summed E-state index contributed by atoms with van der Waals surface area (Å²) in [4.78, 5) is 23.6. The number of carbonyl (C=O) groups is 1. The van der Waals surface area contributed by atoms with Crippen LogP contribution in [-0.4, -0.2) is 29.5 Å². The van der Waals surface area contributed by atoms with Crippen molar-refractivity contribution in [2.24, 2.45) is 0 Å². The molecule has 0 saturated carbocycles. The third kappa shape index (κ3) is 3.05. The van der Waals surface area contributed by atoms with Crippen LogP contribution in [-0.2, 0) is 11.3 Å². The molecule has 0 aliphatic rings. The minimum Gasteiger partial charge on any atom is -0.353 e. The van der Waals surface area contributed by atoms with Gasteiger partial charge in [-0.2, -0.15) is 0 Å². The topological polar surface area (TPSA) is 42.3 Å². The molecule has 1 amide bonds. The first-order valence-corrected chi connectivity index (χ1v) is 4.46. The van der Waals surface area contributed by atoms with Crippen LogP contribution in [0.4, 0.5) is 0 Å². The Balaban J connectivity index is 2.50. The Kier molecular flexibility index (Phi) is 3.45. The van der Waals surface area contributed by atoms with Crippen molar-refractivity contribution in [3.63, 3.8) is 0 Å². The molecule has 0 atom stereocenters. The van der Waals surface area contributed by atoms with Crippen molar-refractivity contribution in [1.29, 1.82) is 0 Å².